The molecule has 5 rings (SSSR count). The molecule has 0 aromatic carbocycles. The highest BCUT2D eigenvalue weighted by molar-refractivity contribution is 6.15. The fourth-order valence-electron chi connectivity index (χ4n) is 10.3. The number of fused-ring (bicyclic) bond motifs is 2. The van der Waals surface area contributed by atoms with E-state index in [0.29, 0.717) is 6.42 Å². The number of esters is 2. The Morgan fingerprint density at radius 1 is 0.816 bits per heavy atom. The predicted molar refractivity (Wildman–Crippen MR) is 143 cm³/mol. The van der Waals surface area contributed by atoms with Crippen molar-refractivity contribution in [3.63, 3.8) is 0 Å². The normalized spacial score (nSPS) is 46.2. The maximum atomic E-state index is 14.5. The molecule has 5 aliphatic rings. The van der Waals surface area contributed by atoms with Crippen LogP contribution in [0.25, 0.3) is 0 Å². The zero-order valence-electron chi connectivity index (χ0n) is 24.4. The number of methoxy groups -OCH3 is 2. The van der Waals surface area contributed by atoms with Crippen molar-refractivity contribution in [2.24, 2.45) is 51.2 Å². The van der Waals surface area contributed by atoms with Gasteiger partial charge in [-0.15, -0.1) is 0 Å². The number of ketones is 2. The zero-order chi connectivity index (χ0) is 28.0. The minimum absolute atomic E-state index is 0.00208. The van der Waals surface area contributed by atoms with E-state index >= 15 is 0 Å². The molecule has 0 heterocycles. The molecule has 0 aromatic rings. The second kappa shape index (κ2) is 8.63. The Labute approximate surface area is 227 Å². The highest BCUT2D eigenvalue weighted by Crippen LogP contribution is 2.69. The van der Waals surface area contributed by atoms with Crippen molar-refractivity contribution in [3.8, 4) is 0 Å². The van der Waals surface area contributed by atoms with E-state index in [4.69, 9.17) is 9.47 Å². The second-order valence-corrected chi connectivity index (χ2v) is 13.5. The van der Waals surface area contributed by atoms with Crippen LogP contribution in [0.1, 0.15) is 86.5 Å². The molecule has 0 aliphatic heterocycles. The Morgan fingerprint density at radius 2 is 1.34 bits per heavy atom. The Morgan fingerprint density at radius 3 is 1.92 bits per heavy atom. The van der Waals surface area contributed by atoms with Crippen LogP contribution in [-0.2, 0) is 28.7 Å². The summed E-state index contributed by atoms with van der Waals surface area (Å²) in [6.45, 7) is 12.6. The van der Waals surface area contributed by atoms with Crippen molar-refractivity contribution < 1.29 is 28.7 Å². The summed E-state index contributed by atoms with van der Waals surface area (Å²) in [6.07, 6.45) is 7.18. The number of ether oxygens (including phenoxy) is 2. The van der Waals surface area contributed by atoms with Gasteiger partial charge in [0.15, 0.2) is 11.6 Å². The number of rotatable bonds is 3. The van der Waals surface area contributed by atoms with Gasteiger partial charge in [-0.1, -0.05) is 52.7 Å². The van der Waals surface area contributed by atoms with E-state index in [-0.39, 0.29) is 41.2 Å². The van der Waals surface area contributed by atoms with Gasteiger partial charge in [0.25, 0.3) is 0 Å². The van der Waals surface area contributed by atoms with Gasteiger partial charge in [-0.05, 0) is 97.0 Å². The number of hydrogen-bond acceptors (Lipinski definition) is 6. The van der Waals surface area contributed by atoms with Gasteiger partial charge in [0.2, 0.25) is 0 Å². The molecule has 5 aliphatic carbocycles. The zero-order valence-corrected chi connectivity index (χ0v) is 24.4. The Kier molecular flexibility index (Phi) is 6.21. The third kappa shape index (κ3) is 2.85. The molecule has 6 nitrogen and oxygen atoms in total. The molecular formula is C32H44O6. The number of allylic oxidation sites excluding steroid dienone is 4. The maximum Gasteiger partial charge on any atom is 0.320 e. The van der Waals surface area contributed by atoms with Crippen LogP contribution < -0.4 is 0 Å². The van der Waals surface area contributed by atoms with Crippen molar-refractivity contribution in [2.45, 2.75) is 86.5 Å². The lowest BCUT2D eigenvalue weighted by Gasteiger charge is -2.54. The summed E-state index contributed by atoms with van der Waals surface area (Å²) in [5.41, 5.74) is -0.263. The summed E-state index contributed by atoms with van der Waals surface area (Å²) in [6, 6.07) is 0. The lowest BCUT2D eigenvalue weighted by Crippen LogP contribution is -2.59. The van der Waals surface area contributed by atoms with Crippen molar-refractivity contribution in [1.29, 1.82) is 0 Å². The van der Waals surface area contributed by atoms with E-state index in [2.05, 4.69) is 27.7 Å². The molecule has 2 fully saturated rings. The van der Waals surface area contributed by atoms with Crippen molar-refractivity contribution in [2.75, 3.05) is 14.2 Å². The molecule has 0 bridgehead atoms. The van der Waals surface area contributed by atoms with E-state index in [1.807, 2.05) is 13.8 Å². The fraction of sp³-hybridized carbons (Fsp3) is 0.750. The Hall–Kier alpha value is -2.24. The SMILES string of the molecule is COC(=O)[C@@]12C(=O)C3=C(CC[C@@H](C4=CC(=O)[C@@]5(C(=O)OC)[C@H](C)CC[C@@]5(C)[C@@H]4C)C3)[C@@H](C)[C@]1(C)CC[C@H]2C. The van der Waals surface area contributed by atoms with Crippen LogP contribution in [0.4, 0.5) is 0 Å². The summed E-state index contributed by atoms with van der Waals surface area (Å²) in [7, 11) is 2.77. The van der Waals surface area contributed by atoms with Crippen LogP contribution in [-0.4, -0.2) is 37.7 Å². The van der Waals surface area contributed by atoms with Gasteiger partial charge in [0.1, 0.15) is 10.8 Å². The van der Waals surface area contributed by atoms with Gasteiger partial charge in [-0.25, -0.2) is 0 Å². The average Bonchev–Trinajstić information content (AvgIpc) is 3.36. The van der Waals surface area contributed by atoms with Crippen molar-refractivity contribution >= 4 is 23.5 Å². The molecule has 0 saturated heterocycles. The number of carbonyl (C=O) groups excluding carboxylic acids is 4. The molecule has 38 heavy (non-hydrogen) atoms. The van der Waals surface area contributed by atoms with Crippen LogP contribution in [0.2, 0.25) is 0 Å². The molecule has 0 aromatic heterocycles. The average molecular weight is 525 g/mol. The number of carbonyl (C=O) groups is 4. The standard InChI is InChI=1S/C32H44O6/c1-17-11-13-29(5)20(4)23(16-25(33)31(17,29)27(35)37-7)21-9-10-22-19(3)30(6)14-12-18(2)32(30,28(36)38-8)26(34)24(22)15-21/h16-21H,9-15H2,1-8H3/t17-,18-,19-,20-,21-,29+,30+,31-,32-/m1/s1. The lowest BCUT2D eigenvalue weighted by molar-refractivity contribution is -0.172. The first-order valence-corrected chi connectivity index (χ1v) is 14.5. The molecule has 2 saturated carbocycles. The molecule has 0 radical (unpaired) electrons. The van der Waals surface area contributed by atoms with E-state index in [1.54, 1.807) is 6.08 Å². The minimum Gasteiger partial charge on any atom is -0.468 e. The van der Waals surface area contributed by atoms with Gasteiger partial charge in [-0.2, -0.15) is 0 Å². The van der Waals surface area contributed by atoms with Crippen LogP contribution in [0.15, 0.2) is 22.8 Å². The summed E-state index contributed by atoms with van der Waals surface area (Å²) in [5.74, 6) is -1.04. The smallest absolute Gasteiger partial charge is 0.320 e. The molecule has 0 N–H and O–H groups in total. The van der Waals surface area contributed by atoms with E-state index in [9.17, 15) is 19.2 Å². The molecule has 0 spiro atoms. The topological polar surface area (TPSA) is 86.7 Å². The van der Waals surface area contributed by atoms with Crippen LogP contribution in [0.3, 0.4) is 0 Å². The predicted octanol–water partition coefficient (Wildman–Crippen LogP) is 5.64. The molecule has 6 heteroatoms. The first kappa shape index (κ1) is 27.3. The van der Waals surface area contributed by atoms with Crippen LogP contribution >= 0.6 is 0 Å². The van der Waals surface area contributed by atoms with Gasteiger partial charge in [-0.3, -0.25) is 19.2 Å². The second-order valence-electron chi connectivity index (χ2n) is 13.5. The summed E-state index contributed by atoms with van der Waals surface area (Å²) >= 11 is 0. The van der Waals surface area contributed by atoms with Crippen molar-refractivity contribution in [1.82, 2.24) is 0 Å². The Bertz CT molecular complexity index is 1180. The van der Waals surface area contributed by atoms with Crippen LogP contribution in [0.5, 0.6) is 0 Å². The van der Waals surface area contributed by atoms with E-state index < -0.39 is 33.6 Å². The van der Waals surface area contributed by atoms with Crippen LogP contribution in [0, 0.1) is 51.2 Å². The van der Waals surface area contributed by atoms with E-state index in [1.165, 1.54) is 19.8 Å². The van der Waals surface area contributed by atoms with Crippen molar-refractivity contribution in [3.05, 3.63) is 22.8 Å². The Balaban J connectivity index is 1.57. The highest BCUT2D eigenvalue weighted by atomic mass is 16.5. The minimum atomic E-state index is -1.16. The van der Waals surface area contributed by atoms with Gasteiger partial charge >= 0.3 is 11.9 Å². The fourth-order valence-corrected chi connectivity index (χ4v) is 10.3. The highest BCUT2D eigenvalue weighted by Gasteiger charge is 2.72. The van der Waals surface area contributed by atoms with Gasteiger partial charge in [0, 0.05) is 0 Å². The summed E-state index contributed by atoms with van der Waals surface area (Å²) in [4.78, 5) is 55.0. The first-order valence-electron chi connectivity index (χ1n) is 14.5. The molecule has 0 amide bonds. The lowest BCUT2D eigenvalue weighted by atomic mass is 9.47. The quantitative estimate of drug-likeness (QED) is 0.351. The number of Topliss-reactive ketones (excluding diaryl/α,β-unsaturated/α-hetero) is 1. The van der Waals surface area contributed by atoms with E-state index in [0.717, 1.165) is 49.7 Å². The molecular weight excluding hydrogens is 480 g/mol. The van der Waals surface area contributed by atoms with Gasteiger partial charge in [0.05, 0.1) is 14.2 Å². The molecule has 9 atom stereocenters. The number of hydrogen-bond donors (Lipinski definition) is 0. The molecule has 0 unspecified atom stereocenters. The summed E-state index contributed by atoms with van der Waals surface area (Å²) < 4.78 is 10.6. The first-order chi connectivity index (χ1) is 17.8. The monoisotopic (exact) mass is 524 g/mol. The third-order valence-electron chi connectivity index (χ3n) is 12.8. The molecule has 208 valence electrons. The third-order valence-corrected chi connectivity index (χ3v) is 12.8. The largest absolute Gasteiger partial charge is 0.468 e. The van der Waals surface area contributed by atoms with Gasteiger partial charge < -0.3 is 9.47 Å². The maximum absolute atomic E-state index is 14.5. The summed E-state index contributed by atoms with van der Waals surface area (Å²) in [5, 5.41) is 0.